The van der Waals surface area contributed by atoms with Gasteiger partial charge in [0.2, 0.25) is 0 Å². The highest BCUT2D eigenvalue weighted by atomic mass is 16.5. The number of hydrogen-bond acceptors (Lipinski definition) is 6. The molecular formula is C21H22N4O4. The number of H-pyrrole nitrogens is 1. The van der Waals surface area contributed by atoms with E-state index in [1.807, 2.05) is 42.5 Å². The van der Waals surface area contributed by atoms with Crippen LogP contribution in [-0.4, -0.2) is 59.7 Å². The van der Waals surface area contributed by atoms with E-state index in [4.69, 9.17) is 19.6 Å². The third-order valence-corrected chi connectivity index (χ3v) is 4.80. The SMILES string of the molecule is COc1ccc(OCCN2CC(O)=C(c3nc4ccc(OC)cc4[nH]3)C2=N)cc1. The molecule has 0 amide bonds. The van der Waals surface area contributed by atoms with Gasteiger partial charge in [-0.15, -0.1) is 0 Å². The summed E-state index contributed by atoms with van der Waals surface area (Å²) in [4.78, 5) is 9.43. The summed E-state index contributed by atoms with van der Waals surface area (Å²) in [5.41, 5.74) is 1.94. The number of aliphatic hydroxyl groups is 1. The molecule has 3 aromatic rings. The Morgan fingerprint density at radius 2 is 1.76 bits per heavy atom. The molecule has 0 spiro atoms. The van der Waals surface area contributed by atoms with Crippen molar-refractivity contribution in [1.82, 2.24) is 14.9 Å². The van der Waals surface area contributed by atoms with Crippen molar-refractivity contribution >= 4 is 22.4 Å². The van der Waals surface area contributed by atoms with E-state index < -0.39 is 0 Å². The number of nitrogens with zero attached hydrogens (tertiary/aromatic N) is 2. The molecule has 1 aromatic heterocycles. The molecule has 0 saturated carbocycles. The molecule has 0 unspecified atom stereocenters. The van der Waals surface area contributed by atoms with Crippen LogP contribution in [0.2, 0.25) is 0 Å². The number of hydrogen-bond donors (Lipinski definition) is 3. The maximum atomic E-state index is 10.4. The van der Waals surface area contributed by atoms with E-state index in [9.17, 15) is 5.11 Å². The van der Waals surface area contributed by atoms with Crippen molar-refractivity contribution in [3.63, 3.8) is 0 Å². The van der Waals surface area contributed by atoms with Crippen molar-refractivity contribution < 1.29 is 19.3 Å². The molecule has 8 heteroatoms. The Bertz CT molecular complexity index is 1070. The zero-order valence-corrected chi connectivity index (χ0v) is 16.2. The van der Waals surface area contributed by atoms with E-state index in [1.165, 1.54) is 0 Å². The Morgan fingerprint density at radius 1 is 1.07 bits per heavy atom. The molecule has 29 heavy (non-hydrogen) atoms. The summed E-state index contributed by atoms with van der Waals surface area (Å²) in [6.45, 7) is 1.10. The summed E-state index contributed by atoms with van der Waals surface area (Å²) in [6, 6.07) is 12.8. The van der Waals surface area contributed by atoms with Crippen LogP contribution in [0.5, 0.6) is 17.2 Å². The van der Waals surface area contributed by atoms with Crippen molar-refractivity contribution in [3.8, 4) is 17.2 Å². The second kappa shape index (κ2) is 7.75. The Hall–Kier alpha value is -3.68. The van der Waals surface area contributed by atoms with Crippen LogP contribution in [0, 0.1) is 5.41 Å². The number of benzene rings is 2. The van der Waals surface area contributed by atoms with Gasteiger partial charge in [-0.25, -0.2) is 4.98 Å². The van der Waals surface area contributed by atoms with E-state index in [-0.39, 0.29) is 18.1 Å². The number of imidazole rings is 1. The van der Waals surface area contributed by atoms with E-state index in [0.717, 1.165) is 22.5 Å². The summed E-state index contributed by atoms with van der Waals surface area (Å²) in [7, 11) is 3.22. The van der Waals surface area contributed by atoms with Crippen molar-refractivity contribution in [3.05, 3.63) is 54.0 Å². The van der Waals surface area contributed by atoms with Crippen LogP contribution in [0.1, 0.15) is 5.82 Å². The molecule has 1 aliphatic rings. The molecule has 0 saturated heterocycles. The number of aromatic nitrogens is 2. The van der Waals surface area contributed by atoms with Crippen molar-refractivity contribution in [2.24, 2.45) is 0 Å². The largest absolute Gasteiger partial charge is 0.510 e. The standard InChI is InChI=1S/C21H22N4O4/c1-27-13-3-5-14(6-4-13)29-10-9-25-12-18(26)19(20(25)22)21-23-16-8-7-15(28-2)11-17(16)24-21/h3-8,11,22,26H,9-10,12H2,1-2H3,(H,23,24). The average Bonchev–Trinajstić information content (AvgIpc) is 3.27. The summed E-state index contributed by atoms with van der Waals surface area (Å²) in [5, 5.41) is 18.9. The van der Waals surface area contributed by atoms with Crippen molar-refractivity contribution in [2.75, 3.05) is 33.9 Å². The number of aliphatic hydroxyl groups excluding tert-OH is 1. The number of ether oxygens (including phenoxy) is 3. The molecule has 4 rings (SSSR count). The average molecular weight is 394 g/mol. The fraction of sp³-hybridized carbons (Fsp3) is 0.238. The molecule has 1 aliphatic heterocycles. The summed E-state index contributed by atoms with van der Waals surface area (Å²) >= 11 is 0. The minimum absolute atomic E-state index is 0.116. The van der Waals surface area contributed by atoms with Gasteiger partial charge in [-0.05, 0) is 36.4 Å². The Labute approximate surface area is 167 Å². The first-order valence-corrected chi connectivity index (χ1v) is 9.16. The fourth-order valence-electron chi connectivity index (χ4n) is 3.25. The highest BCUT2D eigenvalue weighted by Gasteiger charge is 2.30. The predicted molar refractivity (Wildman–Crippen MR) is 110 cm³/mol. The Balaban J connectivity index is 1.42. The molecule has 0 atom stereocenters. The number of amidine groups is 1. The van der Waals surface area contributed by atoms with Gasteiger partial charge >= 0.3 is 0 Å². The van der Waals surface area contributed by atoms with Crippen LogP contribution in [0.3, 0.4) is 0 Å². The maximum Gasteiger partial charge on any atom is 0.145 e. The van der Waals surface area contributed by atoms with Crippen LogP contribution >= 0.6 is 0 Å². The van der Waals surface area contributed by atoms with Crippen molar-refractivity contribution in [2.45, 2.75) is 0 Å². The van der Waals surface area contributed by atoms with E-state index in [2.05, 4.69) is 9.97 Å². The second-order valence-corrected chi connectivity index (χ2v) is 6.58. The minimum atomic E-state index is 0.116. The van der Waals surface area contributed by atoms with Gasteiger partial charge in [0.25, 0.3) is 0 Å². The van der Waals surface area contributed by atoms with Gasteiger partial charge in [0.15, 0.2) is 0 Å². The van der Waals surface area contributed by atoms with Crippen LogP contribution in [0.25, 0.3) is 16.6 Å². The van der Waals surface area contributed by atoms with Gasteiger partial charge in [-0.1, -0.05) is 0 Å². The summed E-state index contributed by atoms with van der Waals surface area (Å²) < 4.78 is 16.1. The summed E-state index contributed by atoms with van der Waals surface area (Å²) in [5.74, 6) is 3.00. The number of nitrogens with one attached hydrogen (secondary N) is 2. The summed E-state index contributed by atoms with van der Waals surface area (Å²) in [6.07, 6.45) is 0. The highest BCUT2D eigenvalue weighted by Crippen LogP contribution is 2.28. The molecule has 150 valence electrons. The second-order valence-electron chi connectivity index (χ2n) is 6.58. The monoisotopic (exact) mass is 394 g/mol. The molecule has 2 aromatic carbocycles. The molecule has 0 fully saturated rings. The van der Waals surface area contributed by atoms with E-state index >= 15 is 0 Å². The van der Waals surface area contributed by atoms with Gasteiger partial charge in [-0.2, -0.15) is 0 Å². The van der Waals surface area contributed by atoms with Crippen molar-refractivity contribution in [1.29, 1.82) is 5.41 Å². The maximum absolute atomic E-state index is 10.4. The van der Waals surface area contributed by atoms with Gasteiger partial charge in [0, 0.05) is 6.07 Å². The van der Waals surface area contributed by atoms with Crippen LogP contribution in [0.15, 0.2) is 48.2 Å². The van der Waals surface area contributed by atoms with E-state index in [0.29, 0.717) is 30.3 Å². The first-order chi connectivity index (χ1) is 14.1. The number of aromatic amines is 1. The van der Waals surface area contributed by atoms with Gasteiger partial charge in [0.1, 0.15) is 41.3 Å². The first kappa shape index (κ1) is 18.7. The Morgan fingerprint density at radius 3 is 2.48 bits per heavy atom. The number of methoxy groups -OCH3 is 2. The lowest BCUT2D eigenvalue weighted by molar-refractivity contribution is 0.265. The quantitative estimate of drug-likeness (QED) is 0.568. The zero-order chi connectivity index (χ0) is 20.4. The van der Waals surface area contributed by atoms with E-state index in [1.54, 1.807) is 19.1 Å². The van der Waals surface area contributed by atoms with Gasteiger partial charge in [-0.3, -0.25) is 5.41 Å². The molecule has 0 bridgehead atoms. The molecule has 8 nitrogen and oxygen atoms in total. The predicted octanol–water partition coefficient (Wildman–Crippen LogP) is 3.22. The molecule has 0 aliphatic carbocycles. The minimum Gasteiger partial charge on any atom is -0.510 e. The highest BCUT2D eigenvalue weighted by molar-refractivity contribution is 6.23. The molecule has 0 radical (unpaired) electrons. The van der Waals surface area contributed by atoms with Crippen LogP contribution < -0.4 is 14.2 Å². The van der Waals surface area contributed by atoms with Gasteiger partial charge in [0.05, 0.1) is 43.9 Å². The normalized spacial score (nSPS) is 14.0. The third-order valence-electron chi connectivity index (χ3n) is 4.80. The number of fused-ring (bicyclic) bond motifs is 1. The molecule has 2 heterocycles. The third kappa shape index (κ3) is 3.69. The Kier molecular flexibility index (Phi) is 4.99. The van der Waals surface area contributed by atoms with Crippen LogP contribution in [0.4, 0.5) is 0 Å². The lowest BCUT2D eigenvalue weighted by atomic mass is 10.2. The first-order valence-electron chi connectivity index (χ1n) is 9.16. The number of rotatable bonds is 7. The topological polar surface area (TPSA) is 104 Å². The molecule has 3 N–H and O–H groups in total. The lowest BCUT2D eigenvalue weighted by Gasteiger charge is -2.18. The zero-order valence-electron chi connectivity index (χ0n) is 16.2. The fourth-order valence-corrected chi connectivity index (χ4v) is 3.25. The smallest absolute Gasteiger partial charge is 0.145 e. The molecular weight excluding hydrogens is 372 g/mol. The lowest BCUT2D eigenvalue weighted by Crippen LogP contribution is -2.31. The van der Waals surface area contributed by atoms with Crippen LogP contribution in [-0.2, 0) is 0 Å². The van der Waals surface area contributed by atoms with Gasteiger partial charge < -0.3 is 29.2 Å².